The van der Waals surface area contributed by atoms with Crippen molar-refractivity contribution in [3.63, 3.8) is 0 Å². The third kappa shape index (κ3) is 5.63. The molecule has 3 fully saturated rings. The van der Waals surface area contributed by atoms with Crippen molar-refractivity contribution < 1.29 is 33.3 Å². The van der Waals surface area contributed by atoms with Gasteiger partial charge < -0.3 is 23.8 Å². The van der Waals surface area contributed by atoms with Crippen LogP contribution in [0, 0.1) is 5.92 Å². The molecule has 3 amide bonds. The summed E-state index contributed by atoms with van der Waals surface area (Å²) in [6, 6.07) is 15.3. The van der Waals surface area contributed by atoms with Gasteiger partial charge >= 0.3 is 6.03 Å². The lowest BCUT2D eigenvalue weighted by atomic mass is 10.0. The van der Waals surface area contributed by atoms with Crippen molar-refractivity contribution in [2.75, 3.05) is 11.4 Å². The van der Waals surface area contributed by atoms with Crippen LogP contribution in [0.25, 0.3) is 0 Å². The van der Waals surface area contributed by atoms with Crippen molar-refractivity contribution in [1.82, 2.24) is 4.90 Å². The summed E-state index contributed by atoms with van der Waals surface area (Å²) < 4.78 is 24.7. The number of imide groups is 1. The number of anilines is 1. The smallest absolute Gasteiger partial charge is 0.332 e. The number of nitrogens with zero attached hydrogens (tertiary/aromatic N) is 2. The van der Waals surface area contributed by atoms with Gasteiger partial charge in [0.25, 0.3) is 5.91 Å². The molecule has 9 nitrogen and oxygen atoms in total. The molecule has 0 saturated carbocycles. The number of hydrogen-bond donors (Lipinski definition) is 0. The summed E-state index contributed by atoms with van der Waals surface area (Å²) >= 11 is 0. The van der Waals surface area contributed by atoms with Crippen LogP contribution in [-0.2, 0) is 30.3 Å². The van der Waals surface area contributed by atoms with E-state index in [2.05, 4.69) is 0 Å². The van der Waals surface area contributed by atoms with Gasteiger partial charge in [0, 0.05) is 5.56 Å². The van der Waals surface area contributed by atoms with E-state index in [0.29, 0.717) is 24.3 Å². The maximum absolute atomic E-state index is 13.8. The van der Waals surface area contributed by atoms with Crippen LogP contribution in [0.1, 0.15) is 57.0 Å². The zero-order valence-corrected chi connectivity index (χ0v) is 23.0. The SMILES string of the molecule is CC(=O)c1cccc(N2C(=O)[C@H](CC(C)C)N(C[C@H]3O[C@@H]4OC(C)(C)O[C@@H]4[C@H]3OCc3ccccc3)C2=O)c1. The van der Waals surface area contributed by atoms with Crippen LogP contribution in [0.2, 0.25) is 0 Å². The lowest BCUT2D eigenvalue weighted by Crippen LogP contribution is -2.47. The van der Waals surface area contributed by atoms with Gasteiger partial charge in [-0.15, -0.1) is 0 Å². The second-order valence-electron chi connectivity index (χ2n) is 11.3. The average Bonchev–Trinajstić information content (AvgIpc) is 3.43. The summed E-state index contributed by atoms with van der Waals surface area (Å²) in [5, 5.41) is 0. The number of carbonyl (C=O) groups excluding carboxylic acids is 3. The zero-order valence-electron chi connectivity index (χ0n) is 23.0. The van der Waals surface area contributed by atoms with E-state index in [1.165, 1.54) is 11.8 Å². The van der Waals surface area contributed by atoms with Gasteiger partial charge in [0.15, 0.2) is 17.9 Å². The summed E-state index contributed by atoms with van der Waals surface area (Å²) in [5.74, 6) is -1.12. The second kappa shape index (κ2) is 10.8. The number of benzene rings is 2. The number of hydrogen-bond acceptors (Lipinski definition) is 7. The fourth-order valence-corrected chi connectivity index (χ4v) is 5.48. The van der Waals surface area contributed by atoms with E-state index >= 15 is 0 Å². The van der Waals surface area contributed by atoms with Gasteiger partial charge in [-0.25, -0.2) is 9.69 Å². The van der Waals surface area contributed by atoms with E-state index in [4.69, 9.17) is 18.9 Å². The summed E-state index contributed by atoms with van der Waals surface area (Å²) in [7, 11) is 0. The quantitative estimate of drug-likeness (QED) is 0.343. The van der Waals surface area contributed by atoms with E-state index in [1.54, 1.807) is 29.2 Å². The van der Waals surface area contributed by atoms with Crippen LogP contribution in [-0.4, -0.2) is 65.6 Å². The third-order valence-corrected chi connectivity index (χ3v) is 7.27. The highest BCUT2D eigenvalue weighted by molar-refractivity contribution is 6.21. The Kier molecular flexibility index (Phi) is 7.61. The number of ether oxygens (including phenoxy) is 4. The molecule has 3 aliphatic heterocycles. The zero-order chi connectivity index (χ0) is 27.9. The van der Waals surface area contributed by atoms with Crippen LogP contribution >= 0.6 is 0 Å². The lowest BCUT2D eigenvalue weighted by Gasteiger charge is -2.30. The number of carbonyl (C=O) groups is 3. The number of amides is 3. The molecule has 0 spiro atoms. The Labute approximate surface area is 228 Å². The standard InChI is InChI=1S/C30H36N2O7/c1-18(2)14-23-27(34)32(22-13-9-12-21(15-22)19(3)33)29(35)31(23)16-24-25(36-17-20-10-7-6-8-11-20)26-28(37-24)39-30(4,5)38-26/h6-13,15,18,23-26,28H,14,16-17H2,1-5H3/t23-,24+,25-,26+,28+/m0/s1. The van der Waals surface area contributed by atoms with Crippen LogP contribution < -0.4 is 4.90 Å². The van der Waals surface area contributed by atoms with Gasteiger partial charge in [-0.1, -0.05) is 56.3 Å². The molecule has 3 saturated heterocycles. The molecule has 0 aromatic heterocycles. The average molecular weight is 537 g/mol. The molecule has 0 N–H and O–H groups in total. The third-order valence-electron chi connectivity index (χ3n) is 7.27. The molecule has 9 heteroatoms. The fraction of sp³-hybridized carbons (Fsp3) is 0.500. The highest BCUT2D eigenvalue weighted by Crippen LogP contribution is 2.40. The van der Waals surface area contributed by atoms with Gasteiger partial charge in [-0.05, 0) is 50.8 Å². The maximum atomic E-state index is 13.8. The van der Waals surface area contributed by atoms with E-state index in [1.807, 2.05) is 58.0 Å². The second-order valence-corrected chi connectivity index (χ2v) is 11.3. The number of Topliss-reactive ketones (excluding diaryl/α,β-unsaturated/α-hetero) is 1. The first-order valence-electron chi connectivity index (χ1n) is 13.5. The highest BCUT2D eigenvalue weighted by Gasteiger charge is 2.57. The van der Waals surface area contributed by atoms with Crippen LogP contribution in [0.4, 0.5) is 10.5 Å². The minimum Gasteiger partial charge on any atom is -0.368 e. The molecular formula is C30H36N2O7. The van der Waals surface area contributed by atoms with Gasteiger partial charge in [0.05, 0.1) is 18.8 Å². The summed E-state index contributed by atoms with van der Waals surface area (Å²) in [6.45, 7) is 9.60. The topological polar surface area (TPSA) is 94.6 Å². The molecular weight excluding hydrogens is 500 g/mol. The van der Waals surface area contributed by atoms with Crippen molar-refractivity contribution in [2.45, 2.75) is 84.1 Å². The van der Waals surface area contributed by atoms with E-state index in [0.717, 1.165) is 5.56 Å². The van der Waals surface area contributed by atoms with Crippen LogP contribution in [0.15, 0.2) is 54.6 Å². The van der Waals surface area contributed by atoms with Crippen molar-refractivity contribution in [1.29, 1.82) is 0 Å². The van der Waals surface area contributed by atoms with Gasteiger partial charge in [-0.3, -0.25) is 9.59 Å². The summed E-state index contributed by atoms with van der Waals surface area (Å²) in [5.41, 5.74) is 1.81. The molecule has 5 rings (SSSR count). The predicted molar refractivity (Wildman–Crippen MR) is 143 cm³/mol. The molecule has 0 bridgehead atoms. The number of urea groups is 1. The molecule has 0 radical (unpaired) electrons. The molecule has 0 aliphatic carbocycles. The van der Waals surface area contributed by atoms with Crippen LogP contribution in [0.3, 0.4) is 0 Å². The van der Waals surface area contributed by atoms with E-state index < -0.39 is 42.5 Å². The van der Waals surface area contributed by atoms with Gasteiger partial charge in [0.1, 0.15) is 24.4 Å². The van der Waals surface area contributed by atoms with E-state index in [9.17, 15) is 14.4 Å². The molecule has 5 atom stereocenters. The maximum Gasteiger partial charge on any atom is 0.332 e. The molecule has 2 aromatic rings. The predicted octanol–water partition coefficient (Wildman–Crippen LogP) is 4.53. The van der Waals surface area contributed by atoms with Gasteiger partial charge in [-0.2, -0.15) is 0 Å². The molecule has 208 valence electrons. The number of fused-ring (bicyclic) bond motifs is 1. The monoisotopic (exact) mass is 536 g/mol. The Morgan fingerprint density at radius 3 is 2.49 bits per heavy atom. The van der Waals surface area contributed by atoms with E-state index in [-0.39, 0.29) is 24.2 Å². The first-order valence-corrected chi connectivity index (χ1v) is 13.5. The van der Waals surface area contributed by atoms with Crippen molar-refractivity contribution in [2.24, 2.45) is 5.92 Å². The molecule has 39 heavy (non-hydrogen) atoms. The summed E-state index contributed by atoms with van der Waals surface area (Å²) in [4.78, 5) is 42.2. The minimum atomic E-state index is -0.827. The number of ketones is 1. The molecule has 0 unspecified atom stereocenters. The Balaban J connectivity index is 1.41. The normalized spacial score (nSPS) is 28.0. The van der Waals surface area contributed by atoms with Crippen molar-refractivity contribution in [3.05, 3.63) is 65.7 Å². The first kappa shape index (κ1) is 27.5. The molecule has 2 aromatic carbocycles. The lowest BCUT2D eigenvalue weighted by molar-refractivity contribution is -0.220. The Morgan fingerprint density at radius 2 is 1.79 bits per heavy atom. The first-order chi connectivity index (χ1) is 18.5. The van der Waals surface area contributed by atoms with Crippen molar-refractivity contribution >= 4 is 23.4 Å². The number of rotatable bonds is 9. The van der Waals surface area contributed by atoms with Crippen LogP contribution in [0.5, 0.6) is 0 Å². The Morgan fingerprint density at radius 1 is 1.05 bits per heavy atom. The summed E-state index contributed by atoms with van der Waals surface area (Å²) in [6.07, 6.45) is -1.73. The fourth-order valence-electron chi connectivity index (χ4n) is 5.48. The largest absolute Gasteiger partial charge is 0.368 e. The minimum absolute atomic E-state index is 0.129. The molecule has 3 aliphatic rings. The Bertz CT molecular complexity index is 1230. The molecule has 3 heterocycles. The highest BCUT2D eigenvalue weighted by atomic mass is 16.8. The Hall–Kier alpha value is -3.11. The van der Waals surface area contributed by atoms with Gasteiger partial charge in [0.2, 0.25) is 0 Å². The van der Waals surface area contributed by atoms with Crippen molar-refractivity contribution in [3.8, 4) is 0 Å².